The summed E-state index contributed by atoms with van der Waals surface area (Å²) < 4.78 is 32.2. The number of carbonyl (C=O) groups is 1. The van der Waals surface area contributed by atoms with Crippen molar-refractivity contribution in [2.24, 2.45) is 0 Å². The first-order valence-corrected chi connectivity index (χ1v) is 12.7. The molecular weight excluding hydrogens is 448 g/mol. The first-order chi connectivity index (χ1) is 15.3. The van der Waals surface area contributed by atoms with Crippen LogP contribution in [0.4, 0.5) is 5.13 Å². The van der Waals surface area contributed by atoms with E-state index in [4.69, 9.17) is 9.72 Å². The molecule has 1 saturated heterocycles. The molecular formula is C22H26N4O4S2. The first kappa shape index (κ1) is 22.5. The lowest BCUT2D eigenvalue weighted by Crippen LogP contribution is -2.48. The Morgan fingerprint density at radius 2 is 1.78 bits per heavy atom. The Labute approximate surface area is 192 Å². The highest BCUT2D eigenvalue weighted by Crippen LogP contribution is 2.32. The highest BCUT2D eigenvalue weighted by molar-refractivity contribution is 7.89. The molecule has 2 heterocycles. The minimum atomic E-state index is -3.51. The van der Waals surface area contributed by atoms with Gasteiger partial charge in [0.05, 0.1) is 21.7 Å². The Hall–Kier alpha value is -2.69. The monoisotopic (exact) mass is 474 g/mol. The van der Waals surface area contributed by atoms with Crippen LogP contribution in [0.25, 0.3) is 10.2 Å². The zero-order chi connectivity index (χ0) is 22.9. The van der Waals surface area contributed by atoms with E-state index in [1.54, 1.807) is 28.4 Å². The number of hydrogen-bond acceptors (Lipinski definition) is 7. The van der Waals surface area contributed by atoms with Crippen LogP contribution in [0.15, 0.2) is 47.4 Å². The molecule has 0 N–H and O–H groups in total. The van der Waals surface area contributed by atoms with Crippen LogP contribution in [-0.4, -0.2) is 75.4 Å². The average molecular weight is 475 g/mol. The lowest BCUT2D eigenvalue weighted by molar-refractivity contribution is 0.0746. The van der Waals surface area contributed by atoms with E-state index in [9.17, 15) is 13.2 Å². The summed E-state index contributed by atoms with van der Waals surface area (Å²) in [5, 5.41) is 0.944. The maximum absolute atomic E-state index is 12.9. The number of fused-ring (bicyclic) bond motifs is 1. The van der Waals surface area contributed by atoms with E-state index in [0.29, 0.717) is 38.3 Å². The Balaban J connectivity index is 1.41. The predicted octanol–water partition coefficient (Wildman–Crippen LogP) is 2.91. The predicted molar refractivity (Wildman–Crippen MR) is 126 cm³/mol. The molecule has 1 aromatic heterocycles. The van der Waals surface area contributed by atoms with Crippen molar-refractivity contribution in [3.8, 4) is 5.75 Å². The molecule has 0 saturated carbocycles. The van der Waals surface area contributed by atoms with Crippen LogP contribution >= 0.6 is 11.3 Å². The van der Waals surface area contributed by atoms with Crippen LogP contribution in [0, 0.1) is 0 Å². The van der Waals surface area contributed by atoms with E-state index in [0.717, 1.165) is 25.4 Å². The summed E-state index contributed by atoms with van der Waals surface area (Å²) in [6.45, 7) is 5.13. The van der Waals surface area contributed by atoms with Gasteiger partial charge in [-0.3, -0.25) is 4.79 Å². The van der Waals surface area contributed by atoms with Crippen LogP contribution in [0.3, 0.4) is 0 Å². The first-order valence-electron chi connectivity index (χ1n) is 10.4. The standard InChI is InChI=1S/C22H26N4O4S2/c1-4-30-17-7-10-19-20(15-17)31-22(23-19)26-13-11-25(12-14-26)21(27)16-5-8-18(9-6-16)32(28,29)24(2)3/h5-10,15H,4,11-14H2,1-3H3. The second kappa shape index (κ2) is 9.05. The van der Waals surface area contributed by atoms with Gasteiger partial charge in [0.2, 0.25) is 10.0 Å². The Kier molecular flexibility index (Phi) is 6.36. The smallest absolute Gasteiger partial charge is 0.253 e. The molecule has 0 unspecified atom stereocenters. The second-order valence-electron chi connectivity index (χ2n) is 7.65. The maximum atomic E-state index is 12.9. The molecule has 3 aromatic rings. The third-order valence-electron chi connectivity index (χ3n) is 5.38. The van der Waals surface area contributed by atoms with Crippen molar-refractivity contribution >= 4 is 42.6 Å². The summed E-state index contributed by atoms with van der Waals surface area (Å²) in [4.78, 5) is 21.8. The number of amides is 1. The molecule has 4 rings (SSSR count). The quantitative estimate of drug-likeness (QED) is 0.546. The zero-order valence-corrected chi connectivity index (χ0v) is 19.9. The van der Waals surface area contributed by atoms with E-state index in [2.05, 4.69) is 4.90 Å². The number of anilines is 1. The van der Waals surface area contributed by atoms with Crippen LogP contribution in [0.5, 0.6) is 5.75 Å². The van der Waals surface area contributed by atoms with Crippen molar-refractivity contribution < 1.29 is 17.9 Å². The number of benzene rings is 2. The maximum Gasteiger partial charge on any atom is 0.253 e. The molecule has 0 radical (unpaired) electrons. The summed E-state index contributed by atoms with van der Waals surface area (Å²) >= 11 is 1.63. The van der Waals surface area contributed by atoms with Gasteiger partial charge in [-0.2, -0.15) is 0 Å². The lowest BCUT2D eigenvalue weighted by atomic mass is 10.2. The van der Waals surface area contributed by atoms with Gasteiger partial charge < -0.3 is 14.5 Å². The van der Waals surface area contributed by atoms with Crippen molar-refractivity contribution in [3.63, 3.8) is 0 Å². The molecule has 0 bridgehead atoms. The van der Waals surface area contributed by atoms with Gasteiger partial charge in [-0.15, -0.1) is 0 Å². The molecule has 1 aliphatic heterocycles. The minimum absolute atomic E-state index is 0.0934. The molecule has 32 heavy (non-hydrogen) atoms. The fraction of sp³-hybridized carbons (Fsp3) is 0.364. The van der Waals surface area contributed by atoms with Crippen LogP contribution < -0.4 is 9.64 Å². The van der Waals surface area contributed by atoms with Gasteiger partial charge in [0, 0.05) is 45.8 Å². The summed E-state index contributed by atoms with van der Waals surface area (Å²) in [6, 6.07) is 12.0. The van der Waals surface area contributed by atoms with Gasteiger partial charge >= 0.3 is 0 Å². The third-order valence-corrected chi connectivity index (χ3v) is 8.29. The molecule has 0 aliphatic carbocycles. The molecule has 0 atom stereocenters. The Morgan fingerprint density at radius 1 is 1.09 bits per heavy atom. The van der Waals surface area contributed by atoms with E-state index >= 15 is 0 Å². The number of rotatable bonds is 6. The number of hydrogen-bond donors (Lipinski definition) is 0. The summed E-state index contributed by atoms with van der Waals surface area (Å²) in [5.41, 5.74) is 1.43. The minimum Gasteiger partial charge on any atom is -0.494 e. The highest BCUT2D eigenvalue weighted by Gasteiger charge is 2.25. The van der Waals surface area contributed by atoms with Crippen molar-refractivity contribution in [2.45, 2.75) is 11.8 Å². The van der Waals surface area contributed by atoms with Crippen LogP contribution in [-0.2, 0) is 10.0 Å². The lowest BCUT2D eigenvalue weighted by Gasteiger charge is -2.34. The molecule has 1 aliphatic rings. The van der Waals surface area contributed by atoms with Crippen molar-refractivity contribution in [3.05, 3.63) is 48.0 Å². The third kappa shape index (κ3) is 4.43. The van der Waals surface area contributed by atoms with E-state index in [1.165, 1.54) is 26.2 Å². The van der Waals surface area contributed by atoms with Crippen LogP contribution in [0.2, 0.25) is 0 Å². The number of sulfonamides is 1. The molecule has 1 fully saturated rings. The van der Waals surface area contributed by atoms with Gasteiger partial charge in [0.15, 0.2) is 5.13 Å². The van der Waals surface area contributed by atoms with Gasteiger partial charge in [-0.05, 0) is 49.4 Å². The highest BCUT2D eigenvalue weighted by atomic mass is 32.2. The number of carbonyl (C=O) groups excluding carboxylic acids is 1. The summed E-state index contributed by atoms with van der Waals surface area (Å²) in [5.74, 6) is 0.749. The summed E-state index contributed by atoms with van der Waals surface area (Å²) in [7, 11) is -0.545. The normalized spacial score (nSPS) is 14.9. The second-order valence-corrected chi connectivity index (χ2v) is 10.8. The number of nitrogens with zero attached hydrogens (tertiary/aromatic N) is 4. The van der Waals surface area contributed by atoms with Crippen molar-refractivity contribution in [1.29, 1.82) is 0 Å². The van der Waals surface area contributed by atoms with E-state index in [-0.39, 0.29) is 10.8 Å². The Bertz CT molecular complexity index is 1210. The summed E-state index contributed by atoms with van der Waals surface area (Å²) in [6.07, 6.45) is 0. The SMILES string of the molecule is CCOc1ccc2nc(N3CCN(C(=O)c4ccc(S(=O)(=O)N(C)C)cc4)CC3)sc2c1. The fourth-order valence-corrected chi connectivity index (χ4v) is 5.50. The van der Waals surface area contributed by atoms with E-state index < -0.39 is 10.0 Å². The van der Waals surface area contributed by atoms with Crippen molar-refractivity contribution in [1.82, 2.24) is 14.2 Å². The average Bonchev–Trinajstić information content (AvgIpc) is 3.22. The molecule has 8 nitrogen and oxygen atoms in total. The number of aromatic nitrogens is 1. The molecule has 0 spiro atoms. The van der Waals surface area contributed by atoms with Gasteiger partial charge in [0.25, 0.3) is 5.91 Å². The molecule has 170 valence electrons. The Morgan fingerprint density at radius 3 is 2.41 bits per heavy atom. The molecule has 10 heteroatoms. The number of thiazole rings is 1. The van der Waals surface area contributed by atoms with Gasteiger partial charge in [0.1, 0.15) is 5.75 Å². The largest absolute Gasteiger partial charge is 0.494 e. The topological polar surface area (TPSA) is 83.0 Å². The van der Waals surface area contributed by atoms with Gasteiger partial charge in [-0.1, -0.05) is 11.3 Å². The van der Waals surface area contributed by atoms with E-state index in [1.807, 2.05) is 25.1 Å². The molecule has 2 aromatic carbocycles. The fourth-order valence-electron chi connectivity index (χ4n) is 3.55. The number of piperazine rings is 1. The van der Waals surface area contributed by atoms with Crippen molar-refractivity contribution in [2.75, 3.05) is 51.8 Å². The zero-order valence-electron chi connectivity index (χ0n) is 18.3. The molecule has 1 amide bonds. The van der Waals surface area contributed by atoms with Crippen LogP contribution in [0.1, 0.15) is 17.3 Å². The van der Waals surface area contributed by atoms with Gasteiger partial charge in [-0.25, -0.2) is 17.7 Å². The number of ether oxygens (including phenoxy) is 1.